The minimum atomic E-state index is -0.167. The van der Waals surface area contributed by atoms with Gasteiger partial charge in [0.05, 0.1) is 26.6 Å². The van der Waals surface area contributed by atoms with Crippen LogP contribution in [0.4, 0.5) is 0 Å². The standard InChI is InChI=1S/C16H9Cl2N3O/c17-12-6-5-9(7-13(12)18)21-8-11-15(20-21)10-3-1-2-4-14(10)19-16(11)22/h1-8H,(H,19,22). The molecule has 0 amide bonds. The van der Waals surface area contributed by atoms with Crippen molar-refractivity contribution in [2.24, 2.45) is 0 Å². The fourth-order valence-corrected chi connectivity index (χ4v) is 2.78. The van der Waals surface area contributed by atoms with Crippen LogP contribution in [0.2, 0.25) is 10.0 Å². The number of fused-ring (bicyclic) bond motifs is 3. The van der Waals surface area contributed by atoms with E-state index in [1.165, 1.54) is 0 Å². The van der Waals surface area contributed by atoms with Crippen LogP contribution in [0.25, 0.3) is 27.5 Å². The van der Waals surface area contributed by atoms with Crippen LogP contribution >= 0.6 is 23.2 Å². The van der Waals surface area contributed by atoms with Crippen LogP contribution < -0.4 is 5.56 Å². The van der Waals surface area contributed by atoms with Gasteiger partial charge >= 0.3 is 0 Å². The zero-order chi connectivity index (χ0) is 15.3. The van der Waals surface area contributed by atoms with Gasteiger partial charge in [0.15, 0.2) is 0 Å². The van der Waals surface area contributed by atoms with E-state index in [2.05, 4.69) is 10.1 Å². The van der Waals surface area contributed by atoms with Crippen molar-refractivity contribution in [1.29, 1.82) is 0 Å². The van der Waals surface area contributed by atoms with Crippen LogP contribution in [0.1, 0.15) is 0 Å². The van der Waals surface area contributed by atoms with Crippen LogP contribution in [0.15, 0.2) is 53.5 Å². The molecule has 4 nitrogen and oxygen atoms in total. The van der Waals surface area contributed by atoms with Crippen LogP contribution in [-0.2, 0) is 0 Å². The number of aromatic amines is 1. The fourth-order valence-electron chi connectivity index (χ4n) is 2.49. The molecule has 0 spiro atoms. The maximum atomic E-state index is 12.2. The Bertz CT molecular complexity index is 1080. The van der Waals surface area contributed by atoms with Crippen molar-refractivity contribution >= 4 is 45.0 Å². The maximum Gasteiger partial charge on any atom is 0.259 e. The molecule has 2 heterocycles. The Kier molecular flexibility index (Phi) is 2.96. The van der Waals surface area contributed by atoms with Gasteiger partial charge in [-0.2, -0.15) is 5.10 Å². The predicted octanol–water partition coefficient (Wildman–Crippen LogP) is 4.17. The molecule has 0 aliphatic carbocycles. The largest absolute Gasteiger partial charge is 0.321 e. The zero-order valence-electron chi connectivity index (χ0n) is 11.2. The Hall–Kier alpha value is -2.30. The molecule has 0 fully saturated rings. The molecule has 108 valence electrons. The van der Waals surface area contributed by atoms with E-state index in [1.807, 2.05) is 24.3 Å². The van der Waals surface area contributed by atoms with E-state index < -0.39 is 0 Å². The quantitative estimate of drug-likeness (QED) is 0.569. The Morgan fingerprint density at radius 1 is 1.00 bits per heavy atom. The average Bonchev–Trinajstić information content (AvgIpc) is 2.96. The molecule has 6 heteroatoms. The molecular formula is C16H9Cl2N3O. The van der Waals surface area contributed by atoms with E-state index in [-0.39, 0.29) is 5.56 Å². The Morgan fingerprint density at radius 2 is 1.82 bits per heavy atom. The lowest BCUT2D eigenvalue weighted by molar-refractivity contribution is 0.898. The first kappa shape index (κ1) is 13.4. The number of nitrogens with one attached hydrogen (secondary N) is 1. The average molecular weight is 330 g/mol. The topological polar surface area (TPSA) is 50.7 Å². The summed E-state index contributed by atoms with van der Waals surface area (Å²) in [7, 11) is 0. The molecular weight excluding hydrogens is 321 g/mol. The minimum Gasteiger partial charge on any atom is -0.321 e. The van der Waals surface area contributed by atoms with E-state index >= 15 is 0 Å². The smallest absolute Gasteiger partial charge is 0.259 e. The van der Waals surface area contributed by atoms with Gasteiger partial charge in [-0.05, 0) is 24.3 Å². The number of rotatable bonds is 1. The third-order valence-electron chi connectivity index (χ3n) is 3.56. The van der Waals surface area contributed by atoms with Crippen LogP contribution in [0.3, 0.4) is 0 Å². The fraction of sp³-hybridized carbons (Fsp3) is 0. The molecule has 0 aliphatic rings. The Balaban J connectivity index is 2.04. The molecule has 0 bridgehead atoms. The number of para-hydroxylation sites is 1. The lowest BCUT2D eigenvalue weighted by Crippen LogP contribution is -2.04. The number of benzene rings is 2. The summed E-state index contributed by atoms with van der Waals surface area (Å²) < 4.78 is 1.63. The lowest BCUT2D eigenvalue weighted by Gasteiger charge is -2.02. The van der Waals surface area contributed by atoms with Gasteiger partial charge in [-0.15, -0.1) is 0 Å². The summed E-state index contributed by atoms with van der Waals surface area (Å²) in [5.41, 5.74) is 2.00. The van der Waals surface area contributed by atoms with Crippen molar-refractivity contribution in [3.8, 4) is 5.69 Å². The molecule has 0 aliphatic heterocycles. The second kappa shape index (κ2) is 4.87. The molecule has 4 rings (SSSR count). The zero-order valence-corrected chi connectivity index (χ0v) is 12.7. The van der Waals surface area contributed by atoms with Gasteiger partial charge in [0.1, 0.15) is 5.52 Å². The van der Waals surface area contributed by atoms with Crippen molar-refractivity contribution < 1.29 is 0 Å². The summed E-state index contributed by atoms with van der Waals surface area (Å²) in [6.45, 7) is 0. The van der Waals surface area contributed by atoms with E-state index in [1.54, 1.807) is 29.1 Å². The number of hydrogen-bond donors (Lipinski definition) is 1. The second-order valence-corrected chi connectivity index (χ2v) is 5.75. The van der Waals surface area contributed by atoms with Gasteiger partial charge in [0, 0.05) is 11.6 Å². The highest BCUT2D eigenvalue weighted by Gasteiger charge is 2.11. The van der Waals surface area contributed by atoms with Crippen molar-refractivity contribution in [1.82, 2.24) is 14.8 Å². The normalized spacial score (nSPS) is 11.4. The first-order valence-corrected chi connectivity index (χ1v) is 7.35. The first-order chi connectivity index (χ1) is 10.6. The van der Waals surface area contributed by atoms with Gasteiger partial charge in [-0.1, -0.05) is 41.4 Å². The molecule has 0 radical (unpaired) electrons. The monoisotopic (exact) mass is 329 g/mol. The second-order valence-electron chi connectivity index (χ2n) is 4.93. The highest BCUT2D eigenvalue weighted by Crippen LogP contribution is 2.26. The molecule has 0 saturated carbocycles. The molecule has 1 N–H and O–H groups in total. The van der Waals surface area contributed by atoms with Crippen LogP contribution in [-0.4, -0.2) is 14.8 Å². The molecule has 0 atom stereocenters. The Labute approximate surface area is 134 Å². The molecule has 4 aromatic rings. The van der Waals surface area contributed by atoms with Crippen LogP contribution in [0, 0.1) is 0 Å². The van der Waals surface area contributed by atoms with Gasteiger partial charge in [0.2, 0.25) is 0 Å². The van der Waals surface area contributed by atoms with E-state index in [0.717, 1.165) is 16.6 Å². The van der Waals surface area contributed by atoms with Crippen molar-refractivity contribution in [3.05, 3.63) is 69.1 Å². The van der Waals surface area contributed by atoms with Gasteiger partial charge < -0.3 is 4.98 Å². The number of aromatic nitrogens is 3. The number of H-pyrrole nitrogens is 1. The number of hydrogen-bond acceptors (Lipinski definition) is 2. The predicted molar refractivity (Wildman–Crippen MR) is 89.2 cm³/mol. The number of halogens is 2. The number of pyridine rings is 1. The SMILES string of the molecule is O=c1[nH]c2ccccc2c2nn(-c3ccc(Cl)c(Cl)c3)cc12. The third-order valence-corrected chi connectivity index (χ3v) is 4.30. The van der Waals surface area contributed by atoms with E-state index in [0.29, 0.717) is 20.9 Å². The maximum absolute atomic E-state index is 12.2. The highest BCUT2D eigenvalue weighted by molar-refractivity contribution is 6.42. The summed E-state index contributed by atoms with van der Waals surface area (Å²) in [6, 6.07) is 12.8. The summed E-state index contributed by atoms with van der Waals surface area (Å²) in [4.78, 5) is 15.1. The summed E-state index contributed by atoms with van der Waals surface area (Å²) in [5.74, 6) is 0. The lowest BCUT2D eigenvalue weighted by atomic mass is 10.2. The highest BCUT2D eigenvalue weighted by atomic mass is 35.5. The van der Waals surface area contributed by atoms with Crippen molar-refractivity contribution in [2.75, 3.05) is 0 Å². The van der Waals surface area contributed by atoms with Crippen molar-refractivity contribution in [2.45, 2.75) is 0 Å². The summed E-state index contributed by atoms with van der Waals surface area (Å²) in [5, 5.41) is 6.89. The van der Waals surface area contributed by atoms with Crippen LogP contribution in [0.5, 0.6) is 0 Å². The summed E-state index contributed by atoms with van der Waals surface area (Å²) >= 11 is 12.0. The molecule has 2 aromatic heterocycles. The van der Waals surface area contributed by atoms with E-state index in [4.69, 9.17) is 23.2 Å². The van der Waals surface area contributed by atoms with Gasteiger partial charge in [0.25, 0.3) is 5.56 Å². The Morgan fingerprint density at radius 3 is 2.64 bits per heavy atom. The molecule has 22 heavy (non-hydrogen) atoms. The first-order valence-electron chi connectivity index (χ1n) is 6.59. The summed E-state index contributed by atoms with van der Waals surface area (Å²) in [6.07, 6.45) is 1.69. The molecule has 0 unspecified atom stereocenters. The van der Waals surface area contributed by atoms with Gasteiger partial charge in [-0.3, -0.25) is 4.79 Å². The van der Waals surface area contributed by atoms with Gasteiger partial charge in [-0.25, -0.2) is 4.68 Å². The van der Waals surface area contributed by atoms with Crippen molar-refractivity contribution in [3.63, 3.8) is 0 Å². The molecule has 2 aromatic carbocycles. The third kappa shape index (κ3) is 2.00. The minimum absolute atomic E-state index is 0.167. The number of nitrogens with zero attached hydrogens (tertiary/aromatic N) is 2. The molecule has 0 saturated heterocycles. The van der Waals surface area contributed by atoms with E-state index in [9.17, 15) is 4.79 Å².